The molecular formula is C9H19N. The van der Waals surface area contributed by atoms with E-state index in [1.807, 2.05) is 0 Å². The maximum atomic E-state index is 3.92. The van der Waals surface area contributed by atoms with E-state index < -0.39 is 0 Å². The van der Waals surface area contributed by atoms with Crippen LogP contribution in [0.5, 0.6) is 0 Å². The van der Waals surface area contributed by atoms with Crippen molar-refractivity contribution in [3.05, 3.63) is 12.2 Å². The first-order chi connectivity index (χ1) is 4.57. The first kappa shape index (κ1) is 9.70. The van der Waals surface area contributed by atoms with Gasteiger partial charge in [-0.2, -0.15) is 0 Å². The van der Waals surface area contributed by atoms with Crippen molar-refractivity contribution in [1.29, 1.82) is 0 Å². The van der Waals surface area contributed by atoms with Gasteiger partial charge in [0.15, 0.2) is 0 Å². The van der Waals surface area contributed by atoms with E-state index in [4.69, 9.17) is 0 Å². The second-order valence-corrected chi connectivity index (χ2v) is 3.13. The third kappa shape index (κ3) is 3.67. The summed E-state index contributed by atoms with van der Waals surface area (Å²) in [6.45, 7) is 12.5. The molecule has 0 saturated carbocycles. The maximum Gasteiger partial charge on any atom is 0.0273 e. The second kappa shape index (κ2) is 4.51. The molecule has 0 spiro atoms. The zero-order valence-electron chi connectivity index (χ0n) is 7.57. The molecule has 0 amide bonds. The largest absolute Gasteiger partial charge is 0.308 e. The molecule has 60 valence electrons. The van der Waals surface area contributed by atoms with Gasteiger partial charge in [-0.05, 0) is 13.3 Å². The van der Waals surface area contributed by atoms with Crippen molar-refractivity contribution >= 4 is 0 Å². The van der Waals surface area contributed by atoms with Crippen LogP contribution in [0.3, 0.4) is 0 Å². The van der Waals surface area contributed by atoms with Crippen molar-refractivity contribution in [3.8, 4) is 0 Å². The van der Waals surface area contributed by atoms with E-state index in [0.29, 0.717) is 12.1 Å². The molecule has 0 aromatic heterocycles. The lowest BCUT2D eigenvalue weighted by atomic mass is 10.1. The van der Waals surface area contributed by atoms with Gasteiger partial charge in [-0.25, -0.2) is 0 Å². The Kier molecular flexibility index (Phi) is 4.37. The van der Waals surface area contributed by atoms with Crippen LogP contribution < -0.4 is 5.32 Å². The van der Waals surface area contributed by atoms with Crippen molar-refractivity contribution in [2.45, 2.75) is 46.2 Å². The Labute approximate surface area is 64.5 Å². The first-order valence-electron chi connectivity index (χ1n) is 3.99. The molecule has 10 heavy (non-hydrogen) atoms. The molecule has 0 fully saturated rings. The number of rotatable bonds is 4. The summed E-state index contributed by atoms with van der Waals surface area (Å²) in [4.78, 5) is 0. The number of hydrogen-bond acceptors (Lipinski definition) is 1. The smallest absolute Gasteiger partial charge is 0.0273 e. The molecule has 1 unspecified atom stereocenters. The third-order valence-electron chi connectivity index (χ3n) is 1.54. The van der Waals surface area contributed by atoms with Crippen LogP contribution >= 0.6 is 0 Å². The fourth-order valence-electron chi connectivity index (χ4n) is 1.01. The summed E-state index contributed by atoms with van der Waals surface area (Å²) in [6, 6.07) is 1.06. The molecule has 1 N–H and O–H groups in total. The average Bonchev–Trinajstić information content (AvgIpc) is 1.81. The summed E-state index contributed by atoms with van der Waals surface area (Å²) < 4.78 is 0. The van der Waals surface area contributed by atoms with Crippen LogP contribution in [0.15, 0.2) is 12.2 Å². The molecule has 0 radical (unpaired) electrons. The van der Waals surface area contributed by atoms with Crippen LogP contribution in [-0.2, 0) is 0 Å². The molecule has 1 nitrogen and oxygen atoms in total. The van der Waals surface area contributed by atoms with Crippen LogP contribution in [0.2, 0.25) is 0 Å². The van der Waals surface area contributed by atoms with Crippen molar-refractivity contribution in [2.24, 2.45) is 0 Å². The summed E-state index contributed by atoms with van der Waals surface area (Å²) >= 11 is 0. The lowest BCUT2D eigenvalue weighted by Gasteiger charge is -2.19. The summed E-state index contributed by atoms with van der Waals surface area (Å²) in [5.41, 5.74) is 1.23. The van der Waals surface area contributed by atoms with Crippen molar-refractivity contribution in [1.82, 2.24) is 5.32 Å². The SMILES string of the molecule is C=C(C)C(CC)NC(C)C. The topological polar surface area (TPSA) is 12.0 Å². The molecule has 0 heterocycles. The molecule has 0 aromatic carbocycles. The summed E-state index contributed by atoms with van der Waals surface area (Å²) in [6.07, 6.45) is 1.13. The van der Waals surface area contributed by atoms with Crippen LogP contribution in [-0.4, -0.2) is 12.1 Å². The maximum absolute atomic E-state index is 3.92. The molecule has 0 aromatic rings. The van der Waals surface area contributed by atoms with E-state index in [-0.39, 0.29) is 0 Å². The lowest BCUT2D eigenvalue weighted by molar-refractivity contribution is 0.496. The standard InChI is InChI=1S/C9H19N/c1-6-9(7(2)3)10-8(4)5/h8-10H,2,6H2,1,3-5H3. The minimum atomic E-state index is 0.500. The van der Waals surface area contributed by atoms with Gasteiger partial charge in [-0.1, -0.05) is 32.9 Å². The fourth-order valence-corrected chi connectivity index (χ4v) is 1.01. The Hall–Kier alpha value is -0.300. The number of hydrogen-bond donors (Lipinski definition) is 1. The highest BCUT2D eigenvalue weighted by Gasteiger charge is 2.06. The van der Waals surface area contributed by atoms with Gasteiger partial charge in [0.05, 0.1) is 0 Å². The Bertz CT molecular complexity index is 105. The highest BCUT2D eigenvalue weighted by molar-refractivity contribution is 5.01. The molecule has 0 saturated heterocycles. The molecule has 0 rings (SSSR count). The quantitative estimate of drug-likeness (QED) is 0.592. The van der Waals surface area contributed by atoms with E-state index in [1.165, 1.54) is 5.57 Å². The van der Waals surface area contributed by atoms with E-state index in [9.17, 15) is 0 Å². The van der Waals surface area contributed by atoms with Crippen LogP contribution in [0.25, 0.3) is 0 Å². The van der Waals surface area contributed by atoms with E-state index >= 15 is 0 Å². The summed E-state index contributed by atoms with van der Waals surface area (Å²) in [5, 5.41) is 3.43. The first-order valence-corrected chi connectivity index (χ1v) is 3.99. The zero-order valence-corrected chi connectivity index (χ0v) is 7.57. The van der Waals surface area contributed by atoms with Gasteiger partial charge < -0.3 is 5.32 Å². The molecule has 0 aliphatic rings. The fraction of sp³-hybridized carbons (Fsp3) is 0.778. The summed E-state index contributed by atoms with van der Waals surface area (Å²) in [7, 11) is 0. The Morgan fingerprint density at radius 2 is 2.00 bits per heavy atom. The van der Waals surface area contributed by atoms with Gasteiger partial charge >= 0.3 is 0 Å². The minimum absolute atomic E-state index is 0.500. The molecule has 1 heteroatoms. The van der Waals surface area contributed by atoms with Gasteiger partial charge in [0.2, 0.25) is 0 Å². The molecule has 0 bridgehead atoms. The van der Waals surface area contributed by atoms with E-state index in [0.717, 1.165) is 6.42 Å². The van der Waals surface area contributed by atoms with Crippen LogP contribution in [0.1, 0.15) is 34.1 Å². The van der Waals surface area contributed by atoms with Gasteiger partial charge in [0.1, 0.15) is 0 Å². The predicted molar refractivity (Wildman–Crippen MR) is 47.2 cm³/mol. The highest BCUT2D eigenvalue weighted by atomic mass is 14.9. The van der Waals surface area contributed by atoms with Gasteiger partial charge in [-0.15, -0.1) is 0 Å². The molecule has 1 atom stereocenters. The zero-order chi connectivity index (χ0) is 8.15. The lowest BCUT2D eigenvalue weighted by Crippen LogP contribution is -2.34. The Morgan fingerprint density at radius 3 is 2.10 bits per heavy atom. The molecule has 0 aliphatic carbocycles. The monoisotopic (exact) mass is 141 g/mol. The van der Waals surface area contributed by atoms with Crippen LogP contribution in [0, 0.1) is 0 Å². The third-order valence-corrected chi connectivity index (χ3v) is 1.54. The molecular weight excluding hydrogens is 122 g/mol. The van der Waals surface area contributed by atoms with Gasteiger partial charge in [0, 0.05) is 12.1 Å². The highest BCUT2D eigenvalue weighted by Crippen LogP contribution is 2.02. The summed E-state index contributed by atoms with van der Waals surface area (Å²) in [5.74, 6) is 0. The van der Waals surface area contributed by atoms with Gasteiger partial charge in [0.25, 0.3) is 0 Å². The van der Waals surface area contributed by atoms with Crippen LogP contribution in [0.4, 0.5) is 0 Å². The molecule has 0 aliphatic heterocycles. The Morgan fingerprint density at radius 1 is 1.50 bits per heavy atom. The normalized spacial score (nSPS) is 13.7. The van der Waals surface area contributed by atoms with Crippen molar-refractivity contribution < 1.29 is 0 Å². The second-order valence-electron chi connectivity index (χ2n) is 3.13. The van der Waals surface area contributed by atoms with Crippen molar-refractivity contribution in [2.75, 3.05) is 0 Å². The van der Waals surface area contributed by atoms with Gasteiger partial charge in [-0.3, -0.25) is 0 Å². The predicted octanol–water partition coefficient (Wildman–Crippen LogP) is 2.34. The average molecular weight is 141 g/mol. The van der Waals surface area contributed by atoms with E-state index in [2.05, 4.69) is 39.6 Å². The van der Waals surface area contributed by atoms with E-state index in [1.54, 1.807) is 0 Å². The Balaban J connectivity index is 3.72. The number of nitrogens with one attached hydrogen (secondary N) is 1. The van der Waals surface area contributed by atoms with Crippen molar-refractivity contribution in [3.63, 3.8) is 0 Å². The minimum Gasteiger partial charge on any atom is -0.308 e.